The summed E-state index contributed by atoms with van der Waals surface area (Å²) >= 11 is 1.27. The first-order valence-corrected chi connectivity index (χ1v) is 5.54. The Morgan fingerprint density at radius 1 is 1.76 bits per heavy atom. The Morgan fingerprint density at radius 3 is 3.06 bits per heavy atom. The Labute approximate surface area is 99.2 Å². The highest BCUT2D eigenvalue weighted by molar-refractivity contribution is 7.15. The van der Waals surface area contributed by atoms with Crippen molar-refractivity contribution >= 4 is 33.8 Å². The van der Waals surface area contributed by atoms with Crippen LogP contribution in [0.1, 0.15) is 6.92 Å². The molecule has 2 aromatic heterocycles. The summed E-state index contributed by atoms with van der Waals surface area (Å²) in [6.07, 6.45) is 1.55. The molecule has 1 unspecified atom stereocenters. The van der Waals surface area contributed by atoms with Crippen molar-refractivity contribution in [2.45, 2.75) is 13.0 Å². The predicted molar refractivity (Wildman–Crippen MR) is 62.0 cm³/mol. The molecule has 8 nitrogen and oxygen atoms in total. The maximum absolute atomic E-state index is 10.9. The number of nitrogens with two attached hydrogens (primary N) is 1. The molecule has 0 aliphatic heterocycles. The quantitative estimate of drug-likeness (QED) is 0.612. The molecule has 2 rings (SSSR count). The van der Waals surface area contributed by atoms with E-state index in [4.69, 9.17) is 5.73 Å². The number of amides is 1. The maximum atomic E-state index is 10.9. The van der Waals surface area contributed by atoms with E-state index >= 15 is 0 Å². The Morgan fingerprint density at radius 2 is 2.47 bits per heavy atom. The summed E-state index contributed by atoms with van der Waals surface area (Å²) in [5.74, 6) is -0.752. The lowest BCUT2D eigenvalue weighted by atomic mass is 10.3. The fourth-order valence-electron chi connectivity index (χ4n) is 1.32. The molecule has 0 radical (unpaired) electrons. The molecule has 0 saturated carbocycles. The van der Waals surface area contributed by atoms with Crippen LogP contribution in [0.5, 0.6) is 0 Å². The number of aromatic nitrogens is 2. The third-order valence-electron chi connectivity index (χ3n) is 2.19. The molecule has 0 spiro atoms. The largest absolute Gasteiger partial charge is 0.372 e. The number of nitrogens with one attached hydrogen (secondary N) is 1. The van der Waals surface area contributed by atoms with Gasteiger partial charge in [-0.15, -0.1) is 0 Å². The Hall–Kier alpha value is -2.16. The van der Waals surface area contributed by atoms with Gasteiger partial charge in [0, 0.05) is 5.38 Å². The molecular formula is C8H9N5O3S. The van der Waals surface area contributed by atoms with Gasteiger partial charge in [0.05, 0.1) is 0 Å². The van der Waals surface area contributed by atoms with Crippen molar-refractivity contribution in [1.82, 2.24) is 9.38 Å². The number of primary amides is 1. The fraction of sp³-hybridized carbons (Fsp3) is 0.250. The third-order valence-corrected chi connectivity index (χ3v) is 2.95. The second-order valence-electron chi connectivity index (χ2n) is 3.37. The average Bonchev–Trinajstić information content (AvgIpc) is 2.75. The fourth-order valence-corrected chi connectivity index (χ4v) is 2.03. The molecule has 0 saturated heterocycles. The lowest BCUT2D eigenvalue weighted by molar-refractivity contribution is -0.389. The van der Waals surface area contributed by atoms with Gasteiger partial charge in [0.25, 0.3) is 4.96 Å². The number of anilines is 1. The Bertz CT molecular complexity index is 589. The van der Waals surface area contributed by atoms with E-state index in [0.29, 0.717) is 4.96 Å². The van der Waals surface area contributed by atoms with Crippen LogP contribution in [-0.4, -0.2) is 26.3 Å². The lowest BCUT2D eigenvalue weighted by Crippen LogP contribution is -2.32. The van der Waals surface area contributed by atoms with Crippen LogP contribution >= 0.6 is 11.3 Å². The Balaban J connectivity index is 2.45. The average molecular weight is 255 g/mol. The second kappa shape index (κ2) is 4.01. The van der Waals surface area contributed by atoms with Crippen molar-refractivity contribution in [3.8, 4) is 0 Å². The summed E-state index contributed by atoms with van der Waals surface area (Å²) in [7, 11) is 0. The minimum atomic E-state index is -0.724. The molecule has 0 aliphatic carbocycles. The van der Waals surface area contributed by atoms with Crippen LogP contribution in [0.2, 0.25) is 0 Å². The molecule has 90 valence electrons. The van der Waals surface area contributed by atoms with Gasteiger partial charge in [0.1, 0.15) is 12.2 Å². The number of fused-ring (bicyclic) bond motifs is 1. The minimum Gasteiger partial charge on any atom is -0.368 e. The number of nitrogens with zero attached hydrogens (tertiary/aromatic N) is 3. The van der Waals surface area contributed by atoms with E-state index < -0.39 is 16.9 Å². The molecule has 3 N–H and O–H groups in total. The number of nitro groups is 1. The first-order chi connectivity index (χ1) is 8.00. The van der Waals surface area contributed by atoms with Gasteiger partial charge in [-0.1, -0.05) is 11.3 Å². The first kappa shape index (κ1) is 11.3. The number of carbonyl (C=O) groups is 1. The van der Waals surface area contributed by atoms with Gasteiger partial charge in [0.2, 0.25) is 11.7 Å². The van der Waals surface area contributed by atoms with Crippen molar-refractivity contribution in [3.05, 3.63) is 21.7 Å². The van der Waals surface area contributed by atoms with Gasteiger partial charge in [-0.05, 0) is 11.8 Å². The molecular weight excluding hydrogens is 246 g/mol. The number of thiazole rings is 1. The van der Waals surface area contributed by atoms with Crippen LogP contribution in [0.15, 0.2) is 11.6 Å². The highest BCUT2D eigenvalue weighted by Gasteiger charge is 2.25. The maximum Gasteiger partial charge on any atom is 0.372 e. The van der Waals surface area contributed by atoms with E-state index in [2.05, 4.69) is 10.3 Å². The van der Waals surface area contributed by atoms with Gasteiger partial charge in [-0.25, -0.2) is 0 Å². The summed E-state index contributed by atoms with van der Waals surface area (Å²) in [5.41, 5.74) is 5.08. The van der Waals surface area contributed by atoms with E-state index in [-0.39, 0.29) is 11.6 Å². The zero-order chi connectivity index (χ0) is 12.6. The number of imidazole rings is 1. The second-order valence-corrected chi connectivity index (χ2v) is 4.24. The van der Waals surface area contributed by atoms with E-state index in [1.165, 1.54) is 22.7 Å². The Kier molecular flexibility index (Phi) is 2.68. The first-order valence-electron chi connectivity index (χ1n) is 4.66. The van der Waals surface area contributed by atoms with Crippen LogP contribution in [0.4, 0.5) is 11.6 Å². The highest BCUT2D eigenvalue weighted by atomic mass is 32.1. The van der Waals surface area contributed by atoms with E-state index in [9.17, 15) is 14.9 Å². The molecule has 0 aromatic carbocycles. The molecule has 2 aromatic rings. The predicted octanol–water partition coefficient (Wildman–Crippen LogP) is 0.590. The normalized spacial score (nSPS) is 12.5. The monoisotopic (exact) mass is 255 g/mol. The molecule has 17 heavy (non-hydrogen) atoms. The van der Waals surface area contributed by atoms with E-state index in [0.717, 1.165) is 0 Å². The van der Waals surface area contributed by atoms with Crippen molar-refractivity contribution in [1.29, 1.82) is 0 Å². The number of carbonyl (C=O) groups excluding carboxylic acids is 1. The molecule has 2 heterocycles. The van der Waals surface area contributed by atoms with Crippen LogP contribution in [0.3, 0.4) is 0 Å². The number of hydrogen-bond acceptors (Lipinski definition) is 6. The van der Waals surface area contributed by atoms with E-state index in [1.54, 1.807) is 11.6 Å². The van der Waals surface area contributed by atoms with Gasteiger partial charge in [-0.2, -0.15) is 9.38 Å². The molecule has 1 amide bonds. The smallest absolute Gasteiger partial charge is 0.368 e. The summed E-state index contributed by atoms with van der Waals surface area (Å²) in [5, 5.41) is 15.3. The summed E-state index contributed by atoms with van der Waals surface area (Å²) < 4.78 is 1.35. The minimum absolute atomic E-state index is 0.0492. The summed E-state index contributed by atoms with van der Waals surface area (Å²) in [6, 6.07) is -0.724. The summed E-state index contributed by atoms with van der Waals surface area (Å²) in [6.45, 7) is 1.51. The summed E-state index contributed by atoms with van der Waals surface area (Å²) in [4.78, 5) is 25.8. The van der Waals surface area contributed by atoms with Crippen LogP contribution < -0.4 is 11.1 Å². The highest BCUT2D eigenvalue weighted by Crippen LogP contribution is 2.28. The van der Waals surface area contributed by atoms with Gasteiger partial charge >= 0.3 is 5.82 Å². The van der Waals surface area contributed by atoms with Crippen LogP contribution in [0.25, 0.3) is 4.96 Å². The topological polar surface area (TPSA) is 116 Å². The van der Waals surface area contributed by atoms with Crippen LogP contribution in [-0.2, 0) is 4.79 Å². The third kappa shape index (κ3) is 1.91. The standard InChI is InChI=1S/C8H9N5O3S/c1-4(5(9)14)10-6-7(13(15)16)12-2-3-17-8(12)11-6/h2-4,10H,1H3,(H2,9,14). The SMILES string of the molecule is CC(Nc1nc2sccn2c1[N+](=O)[O-])C(N)=O. The van der Waals surface area contributed by atoms with Gasteiger partial charge in [0.15, 0.2) is 0 Å². The number of hydrogen-bond donors (Lipinski definition) is 2. The molecule has 0 aliphatic rings. The van der Waals surface area contributed by atoms with E-state index in [1.807, 2.05) is 0 Å². The number of rotatable bonds is 4. The molecule has 0 bridgehead atoms. The van der Waals surface area contributed by atoms with Crippen molar-refractivity contribution < 1.29 is 9.72 Å². The molecule has 1 atom stereocenters. The zero-order valence-corrected chi connectivity index (χ0v) is 9.60. The lowest BCUT2D eigenvalue weighted by Gasteiger charge is -2.07. The van der Waals surface area contributed by atoms with Crippen molar-refractivity contribution in [2.24, 2.45) is 5.73 Å². The zero-order valence-electron chi connectivity index (χ0n) is 8.78. The van der Waals surface area contributed by atoms with Gasteiger partial charge < -0.3 is 21.2 Å². The van der Waals surface area contributed by atoms with Gasteiger partial charge in [-0.3, -0.25) is 4.79 Å². The van der Waals surface area contributed by atoms with Crippen LogP contribution in [0, 0.1) is 10.1 Å². The van der Waals surface area contributed by atoms with Crippen molar-refractivity contribution in [2.75, 3.05) is 5.32 Å². The van der Waals surface area contributed by atoms with Crippen molar-refractivity contribution in [3.63, 3.8) is 0 Å². The molecule has 9 heteroatoms. The molecule has 0 fully saturated rings.